The van der Waals surface area contributed by atoms with Gasteiger partial charge in [0.15, 0.2) is 0 Å². The summed E-state index contributed by atoms with van der Waals surface area (Å²) in [5.41, 5.74) is -1.30. The fraction of sp³-hybridized carbons (Fsp3) is 0.500. The summed E-state index contributed by atoms with van der Waals surface area (Å²) >= 11 is 1.31. The van der Waals surface area contributed by atoms with Crippen LogP contribution < -0.4 is 16.6 Å². The molecule has 0 aliphatic carbocycles. The first-order valence-corrected chi connectivity index (χ1v) is 8.32. The molecule has 3 rings (SSSR count). The monoisotopic (exact) mass is 368 g/mol. The molecule has 3 heterocycles. The van der Waals surface area contributed by atoms with Gasteiger partial charge in [-0.15, -0.1) is 11.8 Å². The van der Waals surface area contributed by atoms with E-state index in [1.54, 1.807) is 13.8 Å². The Morgan fingerprint density at radius 3 is 2.64 bits per heavy atom. The van der Waals surface area contributed by atoms with Gasteiger partial charge in [0, 0.05) is 17.0 Å². The zero-order valence-electron chi connectivity index (χ0n) is 13.4. The highest BCUT2D eigenvalue weighted by Crippen LogP contribution is 2.50. The van der Waals surface area contributed by atoms with E-state index in [9.17, 15) is 29.1 Å². The van der Waals surface area contributed by atoms with E-state index in [1.807, 2.05) is 4.98 Å². The van der Waals surface area contributed by atoms with Gasteiger partial charge < -0.3 is 15.3 Å². The molecular weight excluding hydrogens is 352 g/mol. The molecule has 0 spiro atoms. The lowest BCUT2D eigenvalue weighted by Crippen LogP contribution is -2.70. The zero-order chi connectivity index (χ0) is 18.5. The number of H-pyrrole nitrogens is 1. The van der Waals surface area contributed by atoms with Crippen LogP contribution in [0.1, 0.15) is 13.8 Å². The summed E-state index contributed by atoms with van der Waals surface area (Å²) in [6.45, 7) is 3.12. The molecule has 10 nitrogen and oxygen atoms in total. The molecule has 2 saturated heterocycles. The predicted molar refractivity (Wildman–Crippen MR) is 87.0 cm³/mol. The van der Waals surface area contributed by atoms with Gasteiger partial charge in [0.25, 0.3) is 5.56 Å². The lowest BCUT2D eigenvalue weighted by molar-refractivity contribution is -0.161. The first kappa shape index (κ1) is 17.3. The van der Waals surface area contributed by atoms with Crippen molar-refractivity contribution in [3.63, 3.8) is 0 Å². The van der Waals surface area contributed by atoms with E-state index in [4.69, 9.17) is 0 Å². The number of carbonyl (C=O) groups excluding carboxylic acids is 2. The quantitative estimate of drug-likeness (QED) is 0.531. The SMILES string of the molecule is CC1(C)SC2C(NC(=O)Cn3ccc(=O)[nH]c3=O)C(=O)N2C1C(=O)O. The number of aromatic amines is 1. The summed E-state index contributed by atoms with van der Waals surface area (Å²) < 4.78 is 0.324. The number of hydrogen-bond donors (Lipinski definition) is 3. The fourth-order valence-corrected chi connectivity index (χ4v) is 4.71. The van der Waals surface area contributed by atoms with Crippen LogP contribution in [0.2, 0.25) is 0 Å². The van der Waals surface area contributed by atoms with Crippen molar-refractivity contribution >= 4 is 29.5 Å². The molecule has 2 aliphatic heterocycles. The van der Waals surface area contributed by atoms with Crippen LogP contribution in [0.25, 0.3) is 0 Å². The summed E-state index contributed by atoms with van der Waals surface area (Å²) in [7, 11) is 0. The Bertz CT molecular complexity index is 875. The van der Waals surface area contributed by atoms with Gasteiger partial charge in [-0.2, -0.15) is 0 Å². The van der Waals surface area contributed by atoms with Gasteiger partial charge in [-0.3, -0.25) is 23.9 Å². The maximum absolute atomic E-state index is 12.3. The van der Waals surface area contributed by atoms with Crippen LogP contribution in [0.3, 0.4) is 0 Å². The van der Waals surface area contributed by atoms with E-state index >= 15 is 0 Å². The number of nitrogens with one attached hydrogen (secondary N) is 2. The number of carbonyl (C=O) groups is 3. The Morgan fingerprint density at radius 2 is 2.04 bits per heavy atom. The zero-order valence-corrected chi connectivity index (χ0v) is 14.2. The number of fused-ring (bicyclic) bond motifs is 1. The number of thioether (sulfide) groups is 1. The molecule has 25 heavy (non-hydrogen) atoms. The van der Waals surface area contributed by atoms with Crippen molar-refractivity contribution in [2.75, 3.05) is 0 Å². The van der Waals surface area contributed by atoms with Crippen molar-refractivity contribution < 1.29 is 19.5 Å². The maximum atomic E-state index is 12.3. The van der Waals surface area contributed by atoms with Crippen LogP contribution in [0, 0.1) is 0 Å². The van der Waals surface area contributed by atoms with Crippen LogP contribution in [-0.4, -0.2) is 59.5 Å². The van der Waals surface area contributed by atoms with E-state index < -0.39 is 51.2 Å². The van der Waals surface area contributed by atoms with Crippen molar-refractivity contribution in [2.45, 2.75) is 42.6 Å². The first-order chi connectivity index (χ1) is 11.6. The molecule has 2 amide bonds. The van der Waals surface area contributed by atoms with E-state index in [0.717, 1.165) is 10.6 Å². The summed E-state index contributed by atoms with van der Waals surface area (Å²) in [6.07, 6.45) is 1.18. The number of hydrogen-bond acceptors (Lipinski definition) is 6. The molecule has 0 radical (unpaired) electrons. The van der Waals surface area contributed by atoms with Gasteiger partial charge in [-0.25, -0.2) is 9.59 Å². The predicted octanol–water partition coefficient (Wildman–Crippen LogP) is -1.83. The van der Waals surface area contributed by atoms with Gasteiger partial charge in [-0.05, 0) is 13.8 Å². The number of β-lactam (4-membered cyclic amide) rings is 1. The molecule has 0 aromatic carbocycles. The Hall–Kier alpha value is -2.56. The van der Waals surface area contributed by atoms with Crippen molar-refractivity contribution in [3.8, 4) is 0 Å². The fourth-order valence-electron chi connectivity index (χ4n) is 3.09. The van der Waals surface area contributed by atoms with Gasteiger partial charge in [-0.1, -0.05) is 0 Å². The Morgan fingerprint density at radius 1 is 1.36 bits per heavy atom. The number of nitrogens with zero attached hydrogens (tertiary/aromatic N) is 2. The Balaban J connectivity index is 1.70. The van der Waals surface area contributed by atoms with E-state index in [0.29, 0.717) is 0 Å². The minimum Gasteiger partial charge on any atom is -0.480 e. The highest BCUT2D eigenvalue weighted by atomic mass is 32.2. The number of rotatable bonds is 4. The van der Waals surface area contributed by atoms with Crippen LogP contribution >= 0.6 is 11.8 Å². The van der Waals surface area contributed by atoms with Crippen LogP contribution in [0.15, 0.2) is 21.9 Å². The van der Waals surface area contributed by atoms with Gasteiger partial charge >= 0.3 is 11.7 Å². The number of carboxylic acid groups (broad SMARTS) is 1. The molecule has 11 heteroatoms. The lowest BCUT2D eigenvalue weighted by atomic mass is 9.96. The van der Waals surface area contributed by atoms with Crippen LogP contribution in [-0.2, 0) is 20.9 Å². The highest BCUT2D eigenvalue weighted by molar-refractivity contribution is 8.01. The van der Waals surface area contributed by atoms with Crippen molar-refractivity contribution in [1.29, 1.82) is 0 Å². The molecular formula is C14H16N4O6S. The smallest absolute Gasteiger partial charge is 0.328 e. The number of carboxylic acids is 1. The molecule has 3 N–H and O–H groups in total. The first-order valence-electron chi connectivity index (χ1n) is 7.44. The topological polar surface area (TPSA) is 142 Å². The third kappa shape index (κ3) is 2.84. The van der Waals surface area contributed by atoms with Crippen LogP contribution in [0.5, 0.6) is 0 Å². The van der Waals surface area contributed by atoms with E-state index in [2.05, 4.69) is 5.32 Å². The molecule has 2 fully saturated rings. The van der Waals surface area contributed by atoms with Crippen molar-refractivity contribution in [3.05, 3.63) is 33.1 Å². The molecule has 1 aromatic heterocycles. The van der Waals surface area contributed by atoms with E-state index in [-0.39, 0.29) is 6.54 Å². The minimum absolute atomic E-state index is 0.359. The largest absolute Gasteiger partial charge is 0.480 e. The molecule has 134 valence electrons. The summed E-state index contributed by atoms with van der Waals surface area (Å²) in [4.78, 5) is 61.7. The Kier molecular flexibility index (Phi) is 3.98. The number of amides is 2. The highest BCUT2D eigenvalue weighted by Gasteiger charge is 2.64. The molecule has 3 atom stereocenters. The number of aromatic nitrogens is 2. The van der Waals surface area contributed by atoms with Crippen molar-refractivity contribution in [1.82, 2.24) is 19.8 Å². The molecule has 3 unspecified atom stereocenters. The average molecular weight is 368 g/mol. The normalized spacial score (nSPS) is 26.7. The second kappa shape index (κ2) is 5.76. The Labute approximate surface area is 145 Å². The lowest BCUT2D eigenvalue weighted by Gasteiger charge is -2.43. The second-order valence-electron chi connectivity index (χ2n) is 6.38. The van der Waals surface area contributed by atoms with Crippen molar-refractivity contribution in [2.24, 2.45) is 0 Å². The minimum atomic E-state index is -1.09. The standard InChI is InChI=1S/C14H16N4O6S/c1-14(2)9(12(22)23)18-10(21)8(11(18)25-14)15-7(20)5-17-4-3-6(19)16-13(17)24/h3-4,8-9,11H,5H2,1-2H3,(H,15,20)(H,22,23)(H,16,19,24). The molecule has 2 aliphatic rings. The van der Waals surface area contributed by atoms with E-state index in [1.165, 1.54) is 22.9 Å². The third-order valence-corrected chi connectivity index (χ3v) is 5.77. The summed E-state index contributed by atoms with van der Waals surface area (Å²) in [5, 5.41) is 11.4. The maximum Gasteiger partial charge on any atom is 0.328 e. The average Bonchev–Trinajstić information content (AvgIpc) is 2.76. The number of aliphatic carboxylic acids is 1. The summed E-state index contributed by atoms with van der Waals surface area (Å²) in [5.74, 6) is -2.13. The molecule has 0 saturated carbocycles. The van der Waals surface area contributed by atoms with Gasteiger partial charge in [0.05, 0.1) is 0 Å². The molecule has 0 bridgehead atoms. The van der Waals surface area contributed by atoms with Gasteiger partial charge in [0.2, 0.25) is 11.8 Å². The van der Waals surface area contributed by atoms with Gasteiger partial charge in [0.1, 0.15) is 24.0 Å². The van der Waals surface area contributed by atoms with Crippen LogP contribution in [0.4, 0.5) is 0 Å². The third-order valence-electron chi connectivity index (χ3n) is 4.20. The second-order valence-corrected chi connectivity index (χ2v) is 8.15. The summed E-state index contributed by atoms with van der Waals surface area (Å²) in [6, 6.07) is -0.679. The molecule has 1 aromatic rings.